The summed E-state index contributed by atoms with van der Waals surface area (Å²) in [4.78, 5) is 14.1. The summed E-state index contributed by atoms with van der Waals surface area (Å²) in [6, 6.07) is 11.3. The highest BCUT2D eigenvalue weighted by atomic mass is 19.1. The summed E-state index contributed by atoms with van der Waals surface area (Å²) in [5, 5.41) is 0. The van der Waals surface area contributed by atoms with E-state index in [0.29, 0.717) is 31.0 Å². The lowest BCUT2D eigenvalue weighted by atomic mass is 10.1. The average molecular weight is 333 g/mol. The van der Waals surface area contributed by atoms with Crippen LogP contribution in [0.25, 0.3) is 0 Å². The Balaban J connectivity index is 1.57. The zero-order valence-corrected chi connectivity index (χ0v) is 13.0. The summed E-state index contributed by atoms with van der Waals surface area (Å²) in [7, 11) is 0. The first-order valence-electron chi connectivity index (χ1n) is 7.66. The Hall–Kier alpha value is -2.47. The van der Waals surface area contributed by atoms with Crippen molar-refractivity contribution in [2.75, 3.05) is 26.3 Å². The standard InChI is InChI=1S/C18H17F2NO3/c19-14-4-6-16(7-5-14)24-12-17-11-21(8-9-23-17)18(22)13-2-1-3-15(20)10-13/h1-7,10,17H,8-9,11-12H2. The number of ether oxygens (including phenoxy) is 2. The van der Waals surface area contributed by atoms with Crippen molar-refractivity contribution in [3.63, 3.8) is 0 Å². The van der Waals surface area contributed by atoms with Crippen LogP contribution in [0.15, 0.2) is 48.5 Å². The lowest BCUT2D eigenvalue weighted by Crippen LogP contribution is -2.47. The molecule has 0 N–H and O–H groups in total. The molecular weight excluding hydrogens is 316 g/mol. The fourth-order valence-corrected chi connectivity index (χ4v) is 2.53. The van der Waals surface area contributed by atoms with E-state index in [1.165, 1.54) is 42.5 Å². The van der Waals surface area contributed by atoms with Gasteiger partial charge >= 0.3 is 0 Å². The molecule has 0 radical (unpaired) electrons. The van der Waals surface area contributed by atoms with Gasteiger partial charge in [0.15, 0.2) is 0 Å². The molecule has 1 saturated heterocycles. The summed E-state index contributed by atoms with van der Waals surface area (Å²) in [5.74, 6) is -0.466. The molecule has 1 unspecified atom stereocenters. The molecule has 4 nitrogen and oxygen atoms in total. The third kappa shape index (κ3) is 4.08. The smallest absolute Gasteiger partial charge is 0.254 e. The van der Waals surface area contributed by atoms with Crippen LogP contribution in [0.2, 0.25) is 0 Å². The molecule has 6 heteroatoms. The van der Waals surface area contributed by atoms with Gasteiger partial charge in [0.25, 0.3) is 5.91 Å². The van der Waals surface area contributed by atoms with Crippen LogP contribution < -0.4 is 4.74 Å². The first-order chi connectivity index (χ1) is 11.6. The highest BCUT2D eigenvalue weighted by Gasteiger charge is 2.25. The zero-order chi connectivity index (χ0) is 16.9. The highest BCUT2D eigenvalue weighted by Crippen LogP contribution is 2.15. The van der Waals surface area contributed by atoms with Crippen molar-refractivity contribution in [3.05, 3.63) is 65.7 Å². The van der Waals surface area contributed by atoms with E-state index in [2.05, 4.69) is 0 Å². The minimum absolute atomic E-state index is 0.232. The van der Waals surface area contributed by atoms with Gasteiger partial charge in [-0.05, 0) is 42.5 Å². The normalized spacial score (nSPS) is 17.6. The van der Waals surface area contributed by atoms with Gasteiger partial charge in [-0.1, -0.05) is 6.07 Å². The van der Waals surface area contributed by atoms with Crippen LogP contribution >= 0.6 is 0 Å². The number of hydrogen-bond donors (Lipinski definition) is 0. The summed E-state index contributed by atoms with van der Waals surface area (Å²) in [6.07, 6.45) is -0.290. The minimum atomic E-state index is -0.440. The van der Waals surface area contributed by atoms with Crippen LogP contribution in [-0.4, -0.2) is 43.2 Å². The Morgan fingerprint density at radius 1 is 1.17 bits per heavy atom. The first-order valence-corrected chi connectivity index (χ1v) is 7.66. The van der Waals surface area contributed by atoms with Crippen LogP contribution in [0.1, 0.15) is 10.4 Å². The number of carbonyl (C=O) groups is 1. The Morgan fingerprint density at radius 2 is 1.96 bits per heavy atom. The maximum atomic E-state index is 13.3. The van der Waals surface area contributed by atoms with E-state index < -0.39 is 5.82 Å². The van der Waals surface area contributed by atoms with Crippen LogP contribution in [0.3, 0.4) is 0 Å². The maximum absolute atomic E-state index is 13.3. The number of benzene rings is 2. The van der Waals surface area contributed by atoms with Crippen molar-refractivity contribution in [1.82, 2.24) is 4.90 Å². The average Bonchev–Trinajstić information content (AvgIpc) is 2.61. The summed E-state index contributed by atoms with van der Waals surface area (Å²) >= 11 is 0. The fourth-order valence-electron chi connectivity index (χ4n) is 2.53. The molecule has 126 valence electrons. The second kappa shape index (κ2) is 7.40. The number of nitrogens with zero attached hydrogens (tertiary/aromatic N) is 1. The Morgan fingerprint density at radius 3 is 2.71 bits per heavy atom. The zero-order valence-electron chi connectivity index (χ0n) is 13.0. The SMILES string of the molecule is O=C(c1cccc(F)c1)N1CCOC(COc2ccc(F)cc2)C1. The molecule has 0 aromatic heterocycles. The van der Waals surface area contributed by atoms with Gasteiger partial charge in [-0.25, -0.2) is 8.78 Å². The lowest BCUT2D eigenvalue weighted by Gasteiger charge is -2.32. The predicted octanol–water partition coefficient (Wildman–Crippen LogP) is 2.88. The topological polar surface area (TPSA) is 38.8 Å². The Kier molecular flexibility index (Phi) is 5.05. The van der Waals surface area contributed by atoms with Crippen molar-refractivity contribution in [3.8, 4) is 5.75 Å². The molecule has 1 aliphatic rings. The molecule has 3 rings (SSSR count). The second-order valence-electron chi connectivity index (χ2n) is 5.52. The van der Waals surface area contributed by atoms with Crippen LogP contribution in [0, 0.1) is 11.6 Å². The molecule has 2 aromatic carbocycles. The summed E-state index contributed by atoms with van der Waals surface area (Å²) < 4.78 is 37.3. The van der Waals surface area contributed by atoms with Crippen molar-refractivity contribution in [2.24, 2.45) is 0 Å². The van der Waals surface area contributed by atoms with Gasteiger partial charge in [0.1, 0.15) is 30.1 Å². The molecule has 0 bridgehead atoms. The Bertz CT molecular complexity index is 706. The van der Waals surface area contributed by atoms with Crippen molar-refractivity contribution in [2.45, 2.75) is 6.10 Å². The van der Waals surface area contributed by atoms with E-state index in [1.807, 2.05) is 0 Å². The molecule has 1 aliphatic heterocycles. The molecule has 0 saturated carbocycles. The van der Waals surface area contributed by atoms with E-state index in [0.717, 1.165) is 0 Å². The number of carbonyl (C=O) groups excluding carboxylic acids is 1. The number of morpholine rings is 1. The largest absolute Gasteiger partial charge is 0.491 e. The lowest BCUT2D eigenvalue weighted by molar-refractivity contribution is -0.0401. The van der Waals surface area contributed by atoms with Crippen LogP contribution in [0.5, 0.6) is 5.75 Å². The highest BCUT2D eigenvalue weighted by molar-refractivity contribution is 5.94. The van der Waals surface area contributed by atoms with E-state index in [-0.39, 0.29) is 24.4 Å². The van der Waals surface area contributed by atoms with Gasteiger partial charge in [0.2, 0.25) is 0 Å². The second-order valence-corrected chi connectivity index (χ2v) is 5.52. The summed E-state index contributed by atoms with van der Waals surface area (Å²) in [6.45, 7) is 1.44. The number of amides is 1. The molecule has 1 heterocycles. The fraction of sp³-hybridized carbons (Fsp3) is 0.278. The van der Waals surface area contributed by atoms with E-state index in [1.54, 1.807) is 11.0 Å². The van der Waals surface area contributed by atoms with Crippen molar-refractivity contribution in [1.29, 1.82) is 0 Å². The molecule has 24 heavy (non-hydrogen) atoms. The molecule has 0 aliphatic carbocycles. The molecule has 1 atom stereocenters. The van der Waals surface area contributed by atoms with Gasteiger partial charge < -0.3 is 14.4 Å². The first kappa shape index (κ1) is 16.4. The third-order valence-corrected chi connectivity index (χ3v) is 3.75. The molecule has 2 aromatic rings. The molecule has 1 amide bonds. The van der Waals surface area contributed by atoms with Gasteiger partial charge in [-0.15, -0.1) is 0 Å². The van der Waals surface area contributed by atoms with Gasteiger partial charge in [0, 0.05) is 12.1 Å². The number of rotatable bonds is 4. The quantitative estimate of drug-likeness (QED) is 0.864. The number of hydrogen-bond acceptors (Lipinski definition) is 3. The van der Waals surface area contributed by atoms with Crippen molar-refractivity contribution >= 4 is 5.91 Å². The predicted molar refractivity (Wildman–Crippen MR) is 83.9 cm³/mol. The van der Waals surface area contributed by atoms with Crippen molar-refractivity contribution < 1.29 is 23.0 Å². The Labute approximate surface area is 138 Å². The van der Waals surface area contributed by atoms with Gasteiger partial charge in [-0.2, -0.15) is 0 Å². The van der Waals surface area contributed by atoms with E-state index in [9.17, 15) is 13.6 Å². The van der Waals surface area contributed by atoms with Gasteiger partial charge in [-0.3, -0.25) is 4.79 Å². The molecule has 0 spiro atoms. The molecular formula is C18H17F2NO3. The number of halogens is 2. The van der Waals surface area contributed by atoms with E-state index >= 15 is 0 Å². The monoisotopic (exact) mass is 333 g/mol. The minimum Gasteiger partial charge on any atom is -0.491 e. The van der Waals surface area contributed by atoms with Crippen LogP contribution in [0.4, 0.5) is 8.78 Å². The maximum Gasteiger partial charge on any atom is 0.254 e. The van der Waals surface area contributed by atoms with Crippen LogP contribution in [-0.2, 0) is 4.74 Å². The summed E-state index contributed by atoms with van der Waals surface area (Å²) in [5.41, 5.74) is 0.315. The van der Waals surface area contributed by atoms with Gasteiger partial charge in [0.05, 0.1) is 13.2 Å². The van der Waals surface area contributed by atoms with E-state index in [4.69, 9.17) is 9.47 Å². The molecule has 1 fully saturated rings. The third-order valence-electron chi connectivity index (χ3n) is 3.75.